The Kier molecular flexibility index (Phi) is 20.9. The van der Waals surface area contributed by atoms with Crippen molar-refractivity contribution < 1.29 is 37.3 Å². The molecule has 0 unspecified atom stereocenters. The lowest BCUT2D eigenvalue weighted by Gasteiger charge is -2.30. The third-order valence-corrected chi connectivity index (χ3v) is 18.0. The third kappa shape index (κ3) is 15.1. The summed E-state index contributed by atoms with van der Waals surface area (Å²) in [6.45, 7) is 0. The SMILES string of the molecule is C.N[C@H]1CCC[C@@H](Nc2ncc(Cl)c(-c3cn(S(=O)(=O)c4ccccc4)c4ccccc34)n2)C1.Nc1cnc(C(=O)N[C@H]2CCC[C@@H](Nc3ncc(Cl)c(-c4cn(S(=O)(=O)c5ccccc5)c5ccccc45)n3)C2)nc1.Nc1cnc(C(=O)O)nc1.[2H]CF. The molecule has 0 radical (unpaired) electrons. The minimum Gasteiger partial charge on any atom is -0.475 e. The minimum atomic E-state index is -3.87. The number of aromatic carboxylic acids is 1. The number of amides is 1. The van der Waals surface area contributed by atoms with Crippen LogP contribution in [0.4, 0.5) is 27.7 Å². The van der Waals surface area contributed by atoms with Crippen LogP contribution in [0.5, 0.6) is 0 Å². The number of fused-ring (bicyclic) bond motifs is 2. The highest BCUT2D eigenvalue weighted by molar-refractivity contribution is 7.90. The maximum atomic E-state index is 13.6. The number of hydrogen-bond donors (Lipinski definition) is 7. The van der Waals surface area contributed by atoms with Gasteiger partial charge >= 0.3 is 5.97 Å². The molecule has 2 aliphatic carbocycles. The number of anilines is 4. The van der Waals surface area contributed by atoms with E-state index in [0.717, 1.165) is 50.3 Å². The Hall–Kier alpha value is -9.21. The minimum absolute atomic E-state index is 0. The van der Waals surface area contributed by atoms with Gasteiger partial charge in [-0.15, -0.1) is 0 Å². The number of nitrogens with zero attached hydrogens (tertiary/aromatic N) is 10. The standard InChI is InChI=1S/C29H27ClN8O3S.C24H24ClN5O2S.C5H5N3O2.CH3F.CH4/c30-24-16-34-29(36-20-8-6-7-19(13-20)35-28(39)27-32-14-18(31)15-33-27)37-26(24)23-17-38(25-12-5-4-11-22(23)25)42(40,41)21-9-2-1-3-10-21;25-21-14-27-24(28-17-8-6-7-16(26)13-17)29-23(21)20-15-30(22-12-5-4-11-19(20)22)33(31,32)18-9-2-1-3-10-18;6-3-1-7-4(5(9)10)8-2-3;1-2;/h1-5,9-12,14-17,19-20H,6-8,13,31H2,(H,35,39)(H,34,36,37);1-5,9-12,14-17H,6-8,13,26H2,(H,27,28,29);1-2H,6H2,(H,9,10);1H3;1H4/t19-,20+;16-,17+;;;/m00.../s1/i;;;1D;. The summed E-state index contributed by atoms with van der Waals surface area (Å²) in [5.41, 5.74) is 20.8. The van der Waals surface area contributed by atoms with E-state index in [4.69, 9.17) is 51.9 Å². The van der Waals surface area contributed by atoms with Gasteiger partial charge in [0.25, 0.3) is 26.0 Å². The molecule has 2 saturated carbocycles. The summed E-state index contributed by atoms with van der Waals surface area (Å²) in [5.74, 6) is -0.868. The van der Waals surface area contributed by atoms with Crippen LogP contribution in [0.15, 0.2) is 169 Å². The number of halogens is 3. The summed E-state index contributed by atoms with van der Waals surface area (Å²) < 4.78 is 72.0. The number of carbonyl (C=O) groups is 2. The molecule has 4 aromatic carbocycles. The fourth-order valence-corrected chi connectivity index (χ4v) is 13.2. The van der Waals surface area contributed by atoms with Gasteiger partial charge in [0.1, 0.15) is 0 Å². The Bertz CT molecular complexity index is 4300. The number of para-hydroxylation sites is 2. The molecule has 12 rings (SSSR count). The Morgan fingerprint density at radius 2 is 0.989 bits per heavy atom. The summed E-state index contributed by atoms with van der Waals surface area (Å²) in [7, 11) is -8.68. The second-order valence-corrected chi connectivity index (χ2v) is 24.5. The molecule has 1 amide bonds. The average Bonchev–Trinajstić information content (AvgIpc) is 1.68. The first kappa shape index (κ1) is 63.3. The van der Waals surface area contributed by atoms with Crippen LogP contribution in [0, 0.1) is 0 Å². The highest BCUT2D eigenvalue weighted by Crippen LogP contribution is 2.38. The van der Waals surface area contributed by atoms with E-state index in [9.17, 15) is 30.8 Å². The predicted molar refractivity (Wildman–Crippen MR) is 339 cm³/mol. The molecule has 23 nitrogen and oxygen atoms in total. The first-order valence-corrected chi connectivity index (χ1v) is 30.7. The number of carbonyl (C=O) groups excluding carboxylic acids is 1. The molecule has 6 heterocycles. The first-order chi connectivity index (χ1) is 42.3. The van der Waals surface area contributed by atoms with Gasteiger partial charge in [0.15, 0.2) is 0 Å². The fraction of sp³-hybridized carbons (Fsp3) is 0.233. The summed E-state index contributed by atoms with van der Waals surface area (Å²) in [5, 5.41) is 20.1. The lowest BCUT2D eigenvalue weighted by Crippen LogP contribution is -2.42. The third-order valence-electron chi connectivity index (χ3n) is 14.1. The van der Waals surface area contributed by atoms with Crippen LogP contribution in [-0.2, 0) is 20.0 Å². The second kappa shape index (κ2) is 29.0. The van der Waals surface area contributed by atoms with Crippen molar-refractivity contribution >= 4 is 100 Å². The van der Waals surface area contributed by atoms with E-state index < -0.39 is 33.2 Å². The van der Waals surface area contributed by atoms with Crippen LogP contribution in [0.2, 0.25) is 10.0 Å². The van der Waals surface area contributed by atoms with Gasteiger partial charge in [-0.05, 0) is 87.8 Å². The molecule has 10 aromatic rings. The summed E-state index contributed by atoms with van der Waals surface area (Å²) in [4.78, 5) is 56.2. The van der Waals surface area contributed by atoms with Gasteiger partial charge in [-0.1, -0.05) is 103 Å². The molecule has 88 heavy (non-hydrogen) atoms. The van der Waals surface area contributed by atoms with E-state index in [1.165, 1.54) is 38.9 Å². The van der Waals surface area contributed by atoms with Crippen LogP contribution in [-0.4, -0.2) is 113 Å². The Morgan fingerprint density at radius 3 is 1.43 bits per heavy atom. The zero-order chi connectivity index (χ0) is 62.5. The van der Waals surface area contributed by atoms with E-state index in [1.807, 2.05) is 30.3 Å². The van der Waals surface area contributed by atoms with Crippen LogP contribution in [0.1, 0.15) is 81.4 Å². The van der Waals surface area contributed by atoms with E-state index >= 15 is 0 Å². The van der Waals surface area contributed by atoms with Gasteiger partial charge in [-0.25, -0.2) is 69.4 Å². The molecule has 458 valence electrons. The van der Waals surface area contributed by atoms with Gasteiger partial charge in [-0.3, -0.25) is 9.18 Å². The number of nitrogen functional groups attached to an aromatic ring is 2. The smallest absolute Gasteiger partial charge is 0.373 e. The molecule has 6 aromatic heterocycles. The number of rotatable bonds is 13. The monoisotopic (exact) mass is 1270 g/mol. The van der Waals surface area contributed by atoms with Gasteiger partial charge in [0, 0.05) is 58.5 Å². The van der Waals surface area contributed by atoms with Crippen molar-refractivity contribution in [2.75, 3.05) is 29.3 Å². The van der Waals surface area contributed by atoms with Gasteiger partial charge in [0.05, 0.1) is 99.3 Å². The predicted octanol–water partition coefficient (Wildman–Crippen LogP) is 10.2. The highest BCUT2D eigenvalue weighted by Gasteiger charge is 2.29. The zero-order valence-corrected chi connectivity index (χ0v) is 49.4. The van der Waals surface area contributed by atoms with E-state index in [1.54, 1.807) is 97.5 Å². The van der Waals surface area contributed by atoms with Crippen LogP contribution in [0.3, 0.4) is 0 Å². The molecule has 0 saturated heterocycles. The number of alkyl halides is 1. The zero-order valence-electron chi connectivity index (χ0n) is 47.2. The van der Waals surface area contributed by atoms with Gasteiger partial charge in [0.2, 0.25) is 23.5 Å². The van der Waals surface area contributed by atoms with Crippen LogP contribution < -0.4 is 33.2 Å². The van der Waals surface area contributed by atoms with E-state index in [-0.39, 0.29) is 64.0 Å². The van der Waals surface area contributed by atoms with Crippen molar-refractivity contribution in [2.24, 2.45) is 5.73 Å². The number of carboxylic acids is 1. The number of aromatic nitrogens is 10. The topological polar surface area (TPSA) is 350 Å². The number of nitrogens with two attached hydrogens (primary N) is 3. The highest BCUT2D eigenvalue weighted by atomic mass is 35.5. The molecule has 0 bridgehead atoms. The van der Waals surface area contributed by atoms with Gasteiger partial charge < -0.3 is 38.3 Å². The Labute approximate surface area is 518 Å². The maximum Gasteiger partial charge on any atom is 0.373 e. The largest absolute Gasteiger partial charge is 0.475 e. The molecular formula is C60H63Cl2FN16O7S2. The molecule has 0 spiro atoms. The van der Waals surface area contributed by atoms with Crippen LogP contribution in [0.25, 0.3) is 44.3 Å². The first-order valence-electron chi connectivity index (χ1n) is 27.8. The lowest BCUT2D eigenvalue weighted by atomic mass is 9.91. The average molecular weight is 1280 g/mol. The van der Waals surface area contributed by atoms with Crippen molar-refractivity contribution in [3.05, 3.63) is 180 Å². The second-order valence-electron chi connectivity index (χ2n) is 20.1. The summed E-state index contributed by atoms with van der Waals surface area (Å²) >= 11 is 13.1. The molecular weight excluding hydrogens is 1210 g/mol. The van der Waals surface area contributed by atoms with Crippen molar-refractivity contribution in [3.63, 3.8) is 0 Å². The molecule has 4 atom stereocenters. The van der Waals surface area contributed by atoms with Crippen molar-refractivity contribution in [3.8, 4) is 22.5 Å². The lowest BCUT2D eigenvalue weighted by molar-refractivity contribution is 0.0683. The number of nitrogens with one attached hydrogen (secondary N) is 3. The molecule has 2 aliphatic rings. The maximum absolute atomic E-state index is 13.6. The Morgan fingerprint density at radius 1 is 0.591 bits per heavy atom. The van der Waals surface area contributed by atoms with Crippen molar-refractivity contribution in [1.29, 1.82) is 0 Å². The molecule has 2 fully saturated rings. The number of carboxylic acid groups (broad SMARTS) is 1. The van der Waals surface area contributed by atoms with Gasteiger partial charge in [-0.2, -0.15) is 0 Å². The molecule has 10 N–H and O–H groups in total. The summed E-state index contributed by atoms with van der Waals surface area (Å²) in [6, 6.07) is 31.4. The van der Waals surface area contributed by atoms with E-state index in [0.29, 0.717) is 73.6 Å². The number of hydrogen-bond acceptors (Lipinski definition) is 19. The quantitative estimate of drug-likeness (QED) is 0.0564. The molecule has 28 heteroatoms. The normalized spacial score (nSPS) is 16.6. The van der Waals surface area contributed by atoms with Crippen molar-refractivity contribution in [1.82, 2.24) is 53.1 Å². The fourth-order valence-electron chi connectivity index (χ4n) is 10.1. The summed E-state index contributed by atoms with van der Waals surface area (Å²) in [6.07, 6.45) is 18.6. The van der Waals surface area contributed by atoms with Crippen LogP contribution >= 0.6 is 23.2 Å². The van der Waals surface area contributed by atoms with E-state index in [2.05, 4.69) is 50.8 Å². The van der Waals surface area contributed by atoms with Crippen molar-refractivity contribution in [2.45, 2.75) is 92.8 Å². The number of benzene rings is 4. The Balaban J connectivity index is 0.000000193. The molecule has 0 aliphatic heterocycles.